The highest BCUT2D eigenvalue weighted by atomic mass is 16.4. The fraction of sp³-hybridized carbons (Fsp3) is 0.188. The van der Waals surface area contributed by atoms with Crippen molar-refractivity contribution >= 4 is 5.97 Å². The van der Waals surface area contributed by atoms with Gasteiger partial charge in [-0.15, -0.1) is 0 Å². The van der Waals surface area contributed by atoms with E-state index in [0.717, 1.165) is 30.6 Å². The van der Waals surface area contributed by atoms with E-state index in [9.17, 15) is 4.79 Å². The molecule has 96 valence electrons. The minimum absolute atomic E-state index is 0.327. The second kappa shape index (κ2) is 4.86. The molecule has 0 atom stereocenters. The number of nitrogens with one attached hydrogen (secondary N) is 1. The third-order valence-corrected chi connectivity index (χ3v) is 3.54. The Labute approximate surface area is 111 Å². The zero-order valence-electron chi connectivity index (χ0n) is 10.5. The number of fused-ring (bicyclic) bond motifs is 1. The van der Waals surface area contributed by atoms with Crippen LogP contribution in [0.1, 0.15) is 21.5 Å². The summed E-state index contributed by atoms with van der Waals surface area (Å²) in [6, 6.07) is 13.5. The first-order valence-corrected chi connectivity index (χ1v) is 6.40. The summed E-state index contributed by atoms with van der Waals surface area (Å²) in [6.07, 6.45) is 1.06. The molecule has 0 fully saturated rings. The van der Waals surface area contributed by atoms with Gasteiger partial charge in [0.1, 0.15) is 0 Å². The summed E-state index contributed by atoms with van der Waals surface area (Å²) < 4.78 is 0. The van der Waals surface area contributed by atoms with Crippen LogP contribution in [0.15, 0.2) is 42.5 Å². The van der Waals surface area contributed by atoms with Crippen LogP contribution in [-0.2, 0) is 13.0 Å². The van der Waals surface area contributed by atoms with E-state index >= 15 is 0 Å². The van der Waals surface area contributed by atoms with Crippen molar-refractivity contribution in [1.29, 1.82) is 0 Å². The van der Waals surface area contributed by atoms with Gasteiger partial charge in [0, 0.05) is 6.54 Å². The molecular weight excluding hydrogens is 238 g/mol. The minimum Gasteiger partial charge on any atom is -0.478 e. The van der Waals surface area contributed by atoms with Crippen LogP contribution >= 0.6 is 0 Å². The number of aromatic carboxylic acids is 1. The zero-order valence-corrected chi connectivity index (χ0v) is 10.5. The molecule has 0 saturated heterocycles. The van der Waals surface area contributed by atoms with Crippen molar-refractivity contribution < 1.29 is 9.90 Å². The molecule has 1 heterocycles. The lowest BCUT2D eigenvalue weighted by Gasteiger charge is -2.18. The average molecular weight is 253 g/mol. The Bertz CT molecular complexity index is 634. The summed E-state index contributed by atoms with van der Waals surface area (Å²) in [4.78, 5) is 11.0. The molecule has 2 aromatic rings. The van der Waals surface area contributed by atoms with Crippen LogP contribution in [0.2, 0.25) is 0 Å². The Hall–Kier alpha value is -2.13. The predicted octanol–water partition coefficient (Wildman–Crippen LogP) is 2.70. The highest BCUT2D eigenvalue weighted by molar-refractivity contribution is 5.89. The van der Waals surface area contributed by atoms with Crippen LogP contribution in [-0.4, -0.2) is 17.6 Å². The lowest BCUT2D eigenvalue weighted by atomic mass is 9.95. The number of carbonyl (C=O) groups is 1. The van der Waals surface area contributed by atoms with E-state index in [1.807, 2.05) is 6.07 Å². The summed E-state index contributed by atoms with van der Waals surface area (Å²) in [5, 5.41) is 12.4. The van der Waals surface area contributed by atoms with Crippen molar-refractivity contribution in [1.82, 2.24) is 5.32 Å². The number of carboxylic acids is 1. The Morgan fingerprint density at radius 2 is 1.89 bits per heavy atom. The molecule has 19 heavy (non-hydrogen) atoms. The molecule has 0 bridgehead atoms. The van der Waals surface area contributed by atoms with E-state index in [4.69, 9.17) is 5.11 Å². The molecule has 0 radical (unpaired) electrons. The average Bonchev–Trinajstić information content (AvgIpc) is 2.47. The van der Waals surface area contributed by atoms with Crippen molar-refractivity contribution in [3.05, 3.63) is 59.2 Å². The molecular formula is C16H15NO2. The molecule has 2 aromatic carbocycles. The third kappa shape index (κ3) is 2.37. The summed E-state index contributed by atoms with van der Waals surface area (Å²) in [5.41, 5.74) is 5.05. The van der Waals surface area contributed by atoms with Gasteiger partial charge in [-0.25, -0.2) is 4.79 Å². The number of rotatable bonds is 2. The quantitative estimate of drug-likeness (QED) is 0.865. The molecule has 0 saturated carbocycles. The first kappa shape index (κ1) is 11.9. The smallest absolute Gasteiger partial charge is 0.335 e. The third-order valence-electron chi connectivity index (χ3n) is 3.54. The molecule has 0 unspecified atom stereocenters. The molecule has 2 N–H and O–H groups in total. The molecule has 1 aliphatic rings. The van der Waals surface area contributed by atoms with Crippen LogP contribution in [0.5, 0.6) is 0 Å². The predicted molar refractivity (Wildman–Crippen MR) is 74.2 cm³/mol. The van der Waals surface area contributed by atoms with Gasteiger partial charge in [-0.1, -0.05) is 24.3 Å². The molecule has 0 spiro atoms. The van der Waals surface area contributed by atoms with Crippen LogP contribution < -0.4 is 5.32 Å². The summed E-state index contributed by atoms with van der Waals surface area (Å²) in [5.74, 6) is -0.888. The van der Waals surface area contributed by atoms with Crippen LogP contribution in [0.4, 0.5) is 0 Å². The Morgan fingerprint density at radius 1 is 1.05 bits per heavy atom. The van der Waals surface area contributed by atoms with Crippen molar-refractivity contribution in [3.8, 4) is 11.1 Å². The van der Waals surface area contributed by atoms with Crippen molar-refractivity contribution in [2.75, 3.05) is 6.54 Å². The topological polar surface area (TPSA) is 49.3 Å². The van der Waals surface area contributed by atoms with E-state index < -0.39 is 5.97 Å². The largest absolute Gasteiger partial charge is 0.478 e. The Balaban J connectivity index is 2.02. The number of benzene rings is 2. The van der Waals surface area contributed by atoms with Gasteiger partial charge >= 0.3 is 5.97 Å². The van der Waals surface area contributed by atoms with Crippen LogP contribution in [0.25, 0.3) is 11.1 Å². The highest BCUT2D eigenvalue weighted by Crippen LogP contribution is 2.25. The van der Waals surface area contributed by atoms with Gasteiger partial charge in [-0.2, -0.15) is 0 Å². The van der Waals surface area contributed by atoms with Crippen molar-refractivity contribution in [2.45, 2.75) is 13.0 Å². The fourth-order valence-electron chi connectivity index (χ4n) is 2.49. The Morgan fingerprint density at radius 3 is 2.74 bits per heavy atom. The monoisotopic (exact) mass is 253 g/mol. The van der Waals surface area contributed by atoms with Gasteiger partial charge in [0.05, 0.1) is 5.56 Å². The van der Waals surface area contributed by atoms with Crippen LogP contribution in [0.3, 0.4) is 0 Å². The summed E-state index contributed by atoms with van der Waals surface area (Å²) in [6.45, 7) is 1.92. The molecule has 0 aliphatic carbocycles. The maximum atomic E-state index is 11.0. The molecule has 3 nitrogen and oxygen atoms in total. The summed E-state index contributed by atoms with van der Waals surface area (Å²) >= 11 is 0. The van der Waals surface area contributed by atoms with Gasteiger partial charge in [0.2, 0.25) is 0 Å². The lowest BCUT2D eigenvalue weighted by Crippen LogP contribution is -2.23. The van der Waals surface area contributed by atoms with Gasteiger partial charge in [-0.3, -0.25) is 0 Å². The number of hydrogen-bond acceptors (Lipinski definition) is 2. The number of carboxylic acid groups (broad SMARTS) is 1. The van der Waals surface area contributed by atoms with Gasteiger partial charge in [0.15, 0.2) is 0 Å². The van der Waals surface area contributed by atoms with E-state index in [1.165, 1.54) is 11.1 Å². The second-order valence-electron chi connectivity index (χ2n) is 4.80. The van der Waals surface area contributed by atoms with Gasteiger partial charge in [-0.05, 0) is 53.4 Å². The molecule has 0 aromatic heterocycles. The highest BCUT2D eigenvalue weighted by Gasteiger charge is 2.10. The van der Waals surface area contributed by atoms with Crippen LogP contribution in [0, 0.1) is 0 Å². The van der Waals surface area contributed by atoms with Gasteiger partial charge in [0.25, 0.3) is 0 Å². The Kier molecular flexibility index (Phi) is 3.05. The van der Waals surface area contributed by atoms with E-state index in [-0.39, 0.29) is 0 Å². The molecule has 3 heteroatoms. The summed E-state index contributed by atoms with van der Waals surface area (Å²) in [7, 11) is 0. The maximum Gasteiger partial charge on any atom is 0.335 e. The fourth-order valence-corrected chi connectivity index (χ4v) is 2.49. The van der Waals surface area contributed by atoms with Gasteiger partial charge < -0.3 is 10.4 Å². The van der Waals surface area contributed by atoms with E-state index in [0.29, 0.717) is 5.56 Å². The first-order chi connectivity index (χ1) is 9.24. The minimum atomic E-state index is -0.888. The lowest BCUT2D eigenvalue weighted by molar-refractivity contribution is 0.0697. The number of hydrogen-bond donors (Lipinski definition) is 2. The van der Waals surface area contributed by atoms with Crippen molar-refractivity contribution in [3.63, 3.8) is 0 Å². The molecule has 1 aliphatic heterocycles. The maximum absolute atomic E-state index is 11.0. The normalized spacial score (nSPS) is 13.9. The zero-order chi connectivity index (χ0) is 13.2. The standard InChI is InChI=1S/C16H15NO2/c18-16(19)14-3-1-2-12(8-14)13-5-4-11-6-7-17-10-15(11)9-13/h1-5,8-9,17H,6-7,10H2,(H,18,19). The van der Waals surface area contributed by atoms with E-state index in [1.54, 1.807) is 18.2 Å². The second-order valence-corrected chi connectivity index (χ2v) is 4.80. The SMILES string of the molecule is O=C(O)c1cccc(-c2ccc3c(c2)CNCC3)c1. The molecule has 0 amide bonds. The molecule has 3 rings (SSSR count). The first-order valence-electron chi connectivity index (χ1n) is 6.40. The van der Waals surface area contributed by atoms with E-state index in [2.05, 4.69) is 23.5 Å². The van der Waals surface area contributed by atoms with Crippen molar-refractivity contribution in [2.24, 2.45) is 0 Å².